The number of ether oxygens (including phenoxy) is 2. The van der Waals surface area contributed by atoms with Crippen molar-refractivity contribution in [2.75, 3.05) is 14.2 Å². The Morgan fingerprint density at radius 1 is 0.840 bits per heavy atom. The van der Waals surface area contributed by atoms with Crippen LogP contribution >= 0.6 is 0 Å². The van der Waals surface area contributed by atoms with Gasteiger partial charge in [-0.15, -0.1) is 0 Å². The van der Waals surface area contributed by atoms with E-state index in [1.807, 2.05) is 30.4 Å². The molecule has 2 aromatic carbocycles. The highest BCUT2D eigenvalue weighted by Crippen LogP contribution is 2.29. The molecule has 2 aromatic rings. The first kappa shape index (κ1) is 18.5. The lowest BCUT2D eigenvalue weighted by atomic mass is 10.1. The van der Waals surface area contributed by atoms with Crippen LogP contribution < -0.4 is 9.47 Å². The first-order valence-electron chi connectivity index (χ1n) is 8.21. The molecule has 0 spiro atoms. The predicted octanol–water partition coefficient (Wildman–Crippen LogP) is 5.01. The molecule has 0 aliphatic heterocycles. The SMILES string of the molecule is COc1ccc(/C=C/CCC/C=C/c2c(O)cccc2OC)cc1O. The number of methoxy groups -OCH3 is 2. The van der Waals surface area contributed by atoms with E-state index in [9.17, 15) is 10.2 Å². The van der Waals surface area contributed by atoms with Crippen LogP contribution in [0.1, 0.15) is 30.4 Å². The minimum atomic E-state index is 0.143. The van der Waals surface area contributed by atoms with Crippen LogP contribution in [0.4, 0.5) is 0 Å². The lowest BCUT2D eigenvalue weighted by Gasteiger charge is -2.06. The van der Waals surface area contributed by atoms with Crippen molar-refractivity contribution < 1.29 is 19.7 Å². The van der Waals surface area contributed by atoms with Crippen LogP contribution in [-0.4, -0.2) is 24.4 Å². The highest BCUT2D eigenvalue weighted by Gasteiger charge is 2.03. The zero-order valence-electron chi connectivity index (χ0n) is 14.6. The van der Waals surface area contributed by atoms with E-state index >= 15 is 0 Å². The van der Waals surface area contributed by atoms with Crippen LogP contribution in [0.25, 0.3) is 12.2 Å². The average molecular weight is 340 g/mol. The van der Waals surface area contributed by atoms with Crippen LogP contribution in [0.15, 0.2) is 48.6 Å². The minimum Gasteiger partial charge on any atom is -0.507 e. The van der Waals surface area contributed by atoms with E-state index in [-0.39, 0.29) is 11.5 Å². The van der Waals surface area contributed by atoms with Crippen molar-refractivity contribution in [3.8, 4) is 23.0 Å². The van der Waals surface area contributed by atoms with Gasteiger partial charge in [-0.2, -0.15) is 0 Å². The van der Waals surface area contributed by atoms with Crippen LogP contribution in [0.3, 0.4) is 0 Å². The summed E-state index contributed by atoms with van der Waals surface area (Å²) in [5.41, 5.74) is 1.64. The Hall–Kier alpha value is -2.88. The highest BCUT2D eigenvalue weighted by molar-refractivity contribution is 5.63. The van der Waals surface area contributed by atoms with Crippen molar-refractivity contribution in [2.24, 2.45) is 0 Å². The van der Waals surface area contributed by atoms with E-state index in [0.717, 1.165) is 24.8 Å². The largest absolute Gasteiger partial charge is 0.507 e. The lowest BCUT2D eigenvalue weighted by Crippen LogP contribution is -1.86. The molecule has 132 valence electrons. The smallest absolute Gasteiger partial charge is 0.160 e. The average Bonchev–Trinajstić information content (AvgIpc) is 2.62. The Balaban J connectivity index is 1.81. The summed E-state index contributed by atoms with van der Waals surface area (Å²) in [6.45, 7) is 0. The first-order valence-corrected chi connectivity index (χ1v) is 8.21. The molecule has 4 nitrogen and oxygen atoms in total. The summed E-state index contributed by atoms with van der Waals surface area (Å²) in [5, 5.41) is 19.6. The summed E-state index contributed by atoms with van der Waals surface area (Å²) in [6.07, 6.45) is 10.8. The number of unbranched alkanes of at least 4 members (excludes halogenated alkanes) is 2. The number of phenolic OH excluding ortho intramolecular Hbond substituents is 2. The Kier molecular flexibility index (Phi) is 6.96. The van der Waals surface area contributed by atoms with E-state index in [4.69, 9.17) is 9.47 Å². The standard InChI is InChI=1S/C21H24O4/c1-24-20-12-8-11-18(22)17(20)10-7-5-3-4-6-9-16-13-14-21(25-2)19(23)15-16/h6-15,22-23H,3-5H2,1-2H3/b9-6+,10-7+. The van der Waals surface area contributed by atoms with Gasteiger partial charge in [-0.25, -0.2) is 0 Å². The molecule has 0 aromatic heterocycles. The van der Waals surface area contributed by atoms with Gasteiger partial charge in [0.25, 0.3) is 0 Å². The molecule has 0 amide bonds. The molecular formula is C21H24O4. The van der Waals surface area contributed by atoms with Gasteiger partial charge < -0.3 is 19.7 Å². The normalized spacial score (nSPS) is 11.3. The number of benzene rings is 2. The molecule has 0 atom stereocenters. The van der Waals surface area contributed by atoms with Gasteiger partial charge in [0.05, 0.1) is 19.8 Å². The maximum atomic E-state index is 9.88. The minimum absolute atomic E-state index is 0.143. The molecule has 0 bridgehead atoms. The number of rotatable bonds is 8. The molecule has 2 N–H and O–H groups in total. The van der Waals surface area contributed by atoms with Gasteiger partial charge in [-0.3, -0.25) is 0 Å². The van der Waals surface area contributed by atoms with Gasteiger partial charge in [-0.05, 0) is 49.1 Å². The number of allylic oxidation sites excluding steroid dienone is 2. The van der Waals surface area contributed by atoms with Gasteiger partial charge in [-0.1, -0.05) is 36.4 Å². The second-order valence-electron chi connectivity index (χ2n) is 5.56. The maximum absolute atomic E-state index is 9.88. The molecule has 0 unspecified atom stereocenters. The summed E-state index contributed by atoms with van der Waals surface area (Å²) in [5.74, 6) is 1.50. The molecule has 0 saturated heterocycles. The molecule has 0 radical (unpaired) electrons. The molecule has 0 aliphatic carbocycles. The van der Waals surface area contributed by atoms with Crippen molar-refractivity contribution in [1.82, 2.24) is 0 Å². The first-order chi connectivity index (χ1) is 12.2. The third-order valence-electron chi connectivity index (χ3n) is 3.80. The molecule has 0 aliphatic rings. The van der Waals surface area contributed by atoms with Crippen molar-refractivity contribution in [1.29, 1.82) is 0 Å². The summed E-state index contributed by atoms with van der Waals surface area (Å²) >= 11 is 0. The zero-order valence-corrected chi connectivity index (χ0v) is 14.6. The van der Waals surface area contributed by atoms with Crippen molar-refractivity contribution in [2.45, 2.75) is 19.3 Å². The van der Waals surface area contributed by atoms with E-state index < -0.39 is 0 Å². The third kappa shape index (κ3) is 5.31. The maximum Gasteiger partial charge on any atom is 0.160 e. The third-order valence-corrected chi connectivity index (χ3v) is 3.80. The summed E-state index contributed by atoms with van der Waals surface area (Å²) in [4.78, 5) is 0. The number of hydrogen-bond donors (Lipinski definition) is 2. The summed E-state index contributed by atoms with van der Waals surface area (Å²) in [7, 11) is 3.12. The van der Waals surface area contributed by atoms with Gasteiger partial charge in [0, 0.05) is 0 Å². The second kappa shape index (κ2) is 9.42. The number of hydrogen-bond acceptors (Lipinski definition) is 4. The van der Waals surface area contributed by atoms with Crippen LogP contribution in [-0.2, 0) is 0 Å². The van der Waals surface area contributed by atoms with Crippen LogP contribution in [0.2, 0.25) is 0 Å². The Bertz CT molecular complexity index is 748. The van der Waals surface area contributed by atoms with Crippen LogP contribution in [0.5, 0.6) is 23.0 Å². The second-order valence-corrected chi connectivity index (χ2v) is 5.56. The Morgan fingerprint density at radius 3 is 2.24 bits per heavy atom. The molecular weight excluding hydrogens is 316 g/mol. The van der Waals surface area contributed by atoms with E-state index in [1.165, 1.54) is 7.11 Å². The van der Waals surface area contributed by atoms with E-state index in [0.29, 0.717) is 17.1 Å². The number of phenols is 2. The van der Waals surface area contributed by atoms with Gasteiger partial charge >= 0.3 is 0 Å². The van der Waals surface area contributed by atoms with Crippen molar-refractivity contribution in [3.05, 3.63) is 59.7 Å². The number of aromatic hydroxyl groups is 2. The predicted molar refractivity (Wildman–Crippen MR) is 101 cm³/mol. The van der Waals surface area contributed by atoms with E-state index in [2.05, 4.69) is 6.08 Å². The zero-order chi connectivity index (χ0) is 18.1. The fourth-order valence-electron chi connectivity index (χ4n) is 2.46. The van der Waals surface area contributed by atoms with Gasteiger partial charge in [0.1, 0.15) is 11.5 Å². The molecule has 0 saturated carbocycles. The Morgan fingerprint density at radius 2 is 1.56 bits per heavy atom. The van der Waals surface area contributed by atoms with Crippen LogP contribution in [0, 0.1) is 0 Å². The molecule has 25 heavy (non-hydrogen) atoms. The molecule has 2 rings (SSSR count). The van der Waals surface area contributed by atoms with E-state index in [1.54, 1.807) is 31.4 Å². The topological polar surface area (TPSA) is 58.9 Å². The summed E-state index contributed by atoms with van der Waals surface area (Å²) < 4.78 is 10.3. The monoisotopic (exact) mass is 340 g/mol. The fourth-order valence-corrected chi connectivity index (χ4v) is 2.46. The quantitative estimate of drug-likeness (QED) is 0.663. The molecule has 0 heterocycles. The summed E-state index contributed by atoms with van der Waals surface area (Å²) in [6, 6.07) is 10.6. The molecule has 0 fully saturated rings. The molecule has 4 heteroatoms. The van der Waals surface area contributed by atoms with Gasteiger partial charge in [0.2, 0.25) is 0 Å². The fraction of sp³-hybridized carbons (Fsp3) is 0.238. The highest BCUT2D eigenvalue weighted by atomic mass is 16.5. The van der Waals surface area contributed by atoms with Crippen molar-refractivity contribution in [3.63, 3.8) is 0 Å². The van der Waals surface area contributed by atoms with Crippen molar-refractivity contribution >= 4 is 12.2 Å². The van der Waals surface area contributed by atoms with Gasteiger partial charge in [0.15, 0.2) is 11.5 Å². The lowest BCUT2D eigenvalue weighted by molar-refractivity contribution is 0.373. The Labute approximate surface area is 148 Å².